The van der Waals surface area contributed by atoms with Crippen LogP contribution in [0.4, 0.5) is 0 Å². The fraction of sp³-hybridized carbons (Fsp3) is 0.776. The maximum Gasteiger partial charge on any atom is 0.472 e. The molecule has 0 saturated heterocycles. The van der Waals surface area contributed by atoms with E-state index in [0.717, 1.165) is 109 Å². The van der Waals surface area contributed by atoms with Crippen LogP contribution in [0, 0.1) is 0 Å². The zero-order chi connectivity index (χ0) is 51.3. The highest BCUT2D eigenvalue weighted by molar-refractivity contribution is 7.47. The number of esters is 3. The molecular weight excluding hydrogens is 904 g/mol. The van der Waals surface area contributed by atoms with E-state index in [2.05, 4.69) is 81.5 Å². The number of carbonyl (C=O) groups excluding carboxylic acids is 3. The molecule has 0 heterocycles. The Hall–Kier alpha value is -2.82. The third-order valence-corrected chi connectivity index (χ3v) is 12.8. The second-order valence-electron chi connectivity index (χ2n) is 18.7. The number of unbranched alkanes of at least 4 members (excludes halogenated alkanes) is 25. The third kappa shape index (κ3) is 50.1. The van der Waals surface area contributed by atoms with Crippen LogP contribution >= 0.6 is 7.82 Å². The number of carbonyl (C=O) groups is 3. The summed E-state index contributed by atoms with van der Waals surface area (Å²) in [5, 5.41) is 9.79. The average Bonchev–Trinajstić information content (AvgIpc) is 3.35. The topological polar surface area (TPSA) is 155 Å². The predicted molar refractivity (Wildman–Crippen MR) is 288 cm³/mol. The number of ether oxygens (including phenoxy) is 3. The lowest BCUT2D eigenvalue weighted by Gasteiger charge is -2.21. The van der Waals surface area contributed by atoms with Gasteiger partial charge in [0.1, 0.15) is 12.7 Å². The molecule has 3 atom stereocenters. The van der Waals surface area contributed by atoms with E-state index in [1.54, 1.807) is 0 Å². The van der Waals surface area contributed by atoms with Crippen LogP contribution in [0.3, 0.4) is 0 Å². The van der Waals surface area contributed by atoms with Gasteiger partial charge in [-0.3, -0.25) is 23.4 Å². The molecule has 70 heavy (non-hydrogen) atoms. The monoisotopic (exact) mass is 1010 g/mol. The van der Waals surface area contributed by atoms with Gasteiger partial charge in [0, 0.05) is 19.3 Å². The van der Waals surface area contributed by atoms with Gasteiger partial charge >= 0.3 is 25.7 Å². The molecule has 406 valence electrons. The quantitative estimate of drug-likeness (QED) is 0.0197. The van der Waals surface area contributed by atoms with Gasteiger partial charge in [-0.1, -0.05) is 191 Å². The lowest BCUT2D eigenvalue weighted by molar-refractivity contribution is -0.161. The number of allylic oxidation sites excluding steroid dienone is 10. The Morgan fingerprint density at radius 2 is 0.743 bits per heavy atom. The standard InChI is InChI=1S/C58H103O11P/c1-4-7-10-13-16-19-22-25-26-27-28-31-34-37-40-43-46-49-58(62)69-55(51-65-56(60)47-44-41-38-35-32-29-23-20-17-14-11-8-5-2)53-67-70(63,64)66-52-54(50-59)68-57(61)48-45-42-39-36-33-30-24-21-18-15-12-9-6-3/h8,11,17,20-21,24-26,29,32,54-55,59H,4-7,9-10,12-16,18-19,22-23,27-28,30-31,33-53H2,1-3H3,(H,63,64)/b11-8-,20-17-,24-21-,26-25-,32-29-. The molecule has 0 aliphatic carbocycles. The van der Waals surface area contributed by atoms with E-state index >= 15 is 0 Å². The molecule has 0 rings (SSSR count). The van der Waals surface area contributed by atoms with Gasteiger partial charge in [-0.2, -0.15) is 0 Å². The van der Waals surface area contributed by atoms with Gasteiger partial charge in [0.15, 0.2) is 6.10 Å². The summed E-state index contributed by atoms with van der Waals surface area (Å²) < 4.78 is 39.4. The number of phosphoric acid groups is 1. The molecule has 0 radical (unpaired) electrons. The van der Waals surface area contributed by atoms with E-state index in [1.165, 1.54) is 83.5 Å². The van der Waals surface area contributed by atoms with E-state index < -0.39 is 57.8 Å². The van der Waals surface area contributed by atoms with Crippen LogP contribution in [0.25, 0.3) is 0 Å². The highest BCUT2D eigenvalue weighted by Gasteiger charge is 2.28. The van der Waals surface area contributed by atoms with Crippen molar-refractivity contribution in [1.29, 1.82) is 0 Å². The van der Waals surface area contributed by atoms with Crippen LogP contribution in [-0.4, -0.2) is 66.5 Å². The Morgan fingerprint density at radius 1 is 0.414 bits per heavy atom. The summed E-state index contributed by atoms with van der Waals surface area (Å²) in [4.78, 5) is 48.4. The van der Waals surface area contributed by atoms with Crippen LogP contribution in [0.1, 0.15) is 252 Å². The Bertz CT molecular complexity index is 1410. The van der Waals surface area contributed by atoms with Crippen molar-refractivity contribution in [1.82, 2.24) is 0 Å². The smallest absolute Gasteiger partial charge is 0.462 e. The van der Waals surface area contributed by atoms with E-state index in [1.807, 2.05) is 0 Å². The first kappa shape index (κ1) is 67.2. The minimum atomic E-state index is -4.75. The molecule has 2 N–H and O–H groups in total. The molecule has 0 aliphatic rings. The molecule has 11 nitrogen and oxygen atoms in total. The lowest BCUT2D eigenvalue weighted by Crippen LogP contribution is -2.30. The molecule has 3 unspecified atom stereocenters. The molecule has 0 aromatic carbocycles. The molecule has 0 aromatic rings. The summed E-state index contributed by atoms with van der Waals surface area (Å²) in [6.07, 6.45) is 56.1. The van der Waals surface area contributed by atoms with Gasteiger partial charge in [-0.15, -0.1) is 0 Å². The van der Waals surface area contributed by atoms with Gasteiger partial charge in [0.05, 0.1) is 19.8 Å². The van der Waals surface area contributed by atoms with Crippen LogP contribution in [0.2, 0.25) is 0 Å². The van der Waals surface area contributed by atoms with Gasteiger partial charge in [0.25, 0.3) is 0 Å². The summed E-state index contributed by atoms with van der Waals surface area (Å²) in [5.41, 5.74) is 0. The van der Waals surface area contributed by atoms with Crippen molar-refractivity contribution in [3.63, 3.8) is 0 Å². The predicted octanol–water partition coefficient (Wildman–Crippen LogP) is 16.4. The summed E-state index contributed by atoms with van der Waals surface area (Å²) in [6, 6.07) is 0. The molecule has 0 aliphatic heterocycles. The average molecular weight is 1010 g/mol. The third-order valence-electron chi connectivity index (χ3n) is 11.9. The second-order valence-corrected chi connectivity index (χ2v) is 20.2. The van der Waals surface area contributed by atoms with Gasteiger partial charge in [-0.05, 0) is 103 Å². The molecule has 12 heteroatoms. The zero-order valence-electron chi connectivity index (χ0n) is 44.7. The summed E-state index contributed by atoms with van der Waals surface area (Å²) in [6.45, 7) is 4.47. The van der Waals surface area contributed by atoms with Crippen molar-refractivity contribution < 1.29 is 52.2 Å². The number of aliphatic hydroxyl groups is 1. The fourth-order valence-electron chi connectivity index (χ4n) is 7.59. The first-order valence-corrected chi connectivity index (χ1v) is 29.7. The van der Waals surface area contributed by atoms with E-state index in [4.69, 9.17) is 23.3 Å². The van der Waals surface area contributed by atoms with Crippen molar-refractivity contribution in [2.24, 2.45) is 0 Å². The van der Waals surface area contributed by atoms with Crippen molar-refractivity contribution >= 4 is 25.7 Å². The largest absolute Gasteiger partial charge is 0.472 e. The highest BCUT2D eigenvalue weighted by atomic mass is 31.2. The minimum absolute atomic E-state index is 0.155. The van der Waals surface area contributed by atoms with Crippen LogP contribution in [-0.2, 0) is 42.2 Å². The van der Waals surface area contributed by atoms with Crippen LogP contribution in [0.5, 0.6) is 0 Å². The first-order chi connectivity index (χ1) is 34.2. The first-order valence-electron chi connectivity index (χ1n) is 28.2. The Balaban J connectivity index is 4.76. The molecule has 0 spiro atoms. The maximum absolute atomic E-state index is 12.9. The zero-order valence-corrected chi connectivity index (χ0v) is 45.6. The normalized spacial score (nSPS) is 13.8. The molecule has 0 fully saturated rings. The van der Waals surface area contributed by atoms with E-state index in [0.29, 0.717) is 19.3 Å². The fourth-order valence-corrected chi connectivity index (χ4v) is 8.38. The van der Waals surface area contributed by atoms with E-state index in [9.17, 15) is 28.9 Å². The number of phosphoric ester groups is 1. The number of hydrogen-bond acceptors (Lipinski definition) is 10. The van der Waals surface area contributed by atoms with E-state index in [-0.39, 0.29) is 25.9 Å². The second kappa shape index (κ2) is 52.5. The Kier molecular flexibility index (Phi) is 50.4. The van der Waals surface area contributed by atoms with Gasteiger partial charge in [0.2, 0.25) is 0 Å². The minimum Gasteiger partial charge on any atom is -0.462 e. The molecule has 0 aromatic heterocycles. The van der Waals surface area contributed by atoms with Crippen LogP contribution < -0.4 is 0 Å². The lowest BCUT2D eigenvalue weighted by atomic mass is 10.1. The van der Waals surface area contributed by atoms with Crippen molar-refractivity contribution in [2.45, 2.75) is 264 Å². The summed E-state index contributed by atoms with van der Waals surface area (Å²) in [7, 11) is -4.75. The van der Waals surface area contributed by atoms with Crippen molar-refractivity contribution in [3.8, 4) is 0 Å². The van der Waals surface area contributed by atoms with Gasteiger partial charge < -0.3 is 24.2 Å². The number of rotatable bonds is 52. The van der Waals surface area contributed by atoms with Crippen molar-refractivity contribution in [3.05, 3.63) is 60.8 Å². The highest BCUT2D eigenvalue weighted by Crippen LogP contribution is 2.43. The van der Waals surface area contributed by atoms with Gasteiger partial charge in [-0.25, -0.2) is 4.57 Å². The molecule has 0 bridgehead atoms. The maximum atomic E-state index is 12.9. The Labute approximate surface area is 427 Å². The number of hydrogen-bond donors (Lipinski definition) is 2. The Morgan fingerprint density at radius 3 is 1.19 bits per heavy atom. The molecular formula is C58H103O11P. The SMILES string of the molecule is CC/C=C\C/C=C\C/C=C\CCCCCC(=O)OCC(COP(=O)(O)OCC(CO)OC(=O)CCCCCCC/C=C\CCCCCC)OC(=O)CCCCCCCCC/C=C\CCCCCCCC. The number of aliphatic hydroxyl groups excluding tert-OH is 1. The summed E-state index contributed by atoms with van der Waals surface area (Å²) >= 11 is 0. The van der Waals surface area contributed by atoms with Crippen molar-refractivity contribution in [2.75, 3.05) is 26.4 Å². The summed E-state index contributed by atoms with van der Waals surface area (Å²) in [5.74, 6) is -1.51. The molecule has 0 saturated carbocycles. The molecule has 0 amide bonds. The van der Waals surface area contributed by atoms with Crippen LogP contribution in [0.15, 0.2) is 60.8 Å².